The summed E-state index contributed by atoms with van der Waals surface area (Å²) < 4.78 is 3.68. The number of aromatic nitrogens is 4. The van der Waals surface area contributed by atoms with E-state index in [4.69, 9.17) is 0 Å². The molecule has 2 heterocycles. The third-order valence-corrected chi connectivity index (χ3v) is 4.25. The number of nitrogens with zero attached hydrogens (tertiary/aromatic N) is 4. The summed E-state index contributed by atoms with van der Waals surface area (Å²) in [5.74, 6) is 0.138. The first-order chi connectivity index (χ1) is 12.5. The summed E-state index contributed by atoms with van der Waals surface area (Å²) in [7, 11) is 1.76. The lowest BCUT2D eigenvalue weighted by Gasteiger charge is -2.08. The van der Waals surface area contributed by atoms with Crippen LogP contribution in [0.2, 0.25) is 0 Å². The predicted molar refractivity (Wildman–Crippen MR) is 97.5 cm³/mol. The van der Waals surface area contributed by atoms with Gasteiger partial charge in [-0.2, -0.15) is 5.10 Å². The molecule has 0 bridgehead atoms. The normalized spacial score (nSPS) is 10.9. The number of para-hydroxylation sites is 2. The number of imidazole rings is 1. The molecule has 8 heteroatoms. The fourth-order valence-corrected chi connectivity index (χ4v) is 2.78. The van der Waals surface area contributed by atoms with E-state index < -0.39 is 0 Å². The number of carbonyl (C=O) groups excluding carboxylic acids is 2. The molecule has 8 nitrogen and oxygen atoms in total. The Morgan fingerprint density at radius 3 is 2.65 bits per heavy atom. The van der Waals surface area contributed by atoms with E-state index in [1.807, 2.05) is 38.1 Å². The van der Waals surface area contributed by atoms with Gasteiger partial charge in [0.05, 0.1) is 24.1 Å². The highest BCUT2D eigenvalue weighted by molar-refractivity contribution is 5.94. The third kappa shape index (κ3) is 3.58. The molecule has 1 aromatic carbocycles. The Bertz CT molecular complexity index is 936. The lowest BCUT2D eigenvalue weighted by molar-refractivity contribution is -0.120. The van der Waals surface area contributed by atoms with E-state index in [1.54, 1.807) is 17.8 Å². The average Bonchev–Trinajstić information content (AvgIpc) is 3.17. The van der Waals surface area contributed by atoms with Gasteiger partial charge in [-0.3, -0.25) is 14.3 Å². The van der Waals surface area contributed by atoms with Crippen molar-refractivity contribution in [1.82, 2.24) is 30.0 Å². The SMILES string of the molecule is CCn1c(CNC(=O)CNC(=O)c2cc(C)n(C)n2)nc2ccccc21. The molecule has 0 radical (unpaired) electrons. The number of hydrogen-bond donors (Lipinski definition) is 2. The van der Waals surface area contributed by atoms with Gasteiger partial charge in [0, 0.05) is 19.3 Å². The van der Waals surface area contributed by atoms with E-state index >= 15 is 0 Å². The Hall–Kier alpha value is -3.16. The number of amides is 2. The second kappa shape index (κ2) is 7.38. The van der Waals surface area contributed by atoms with Gasteiger partial charge >= 0.3 is 0 Å². The second-order valence-electron chi connectivity index (χ2n) is 6.01. The summed E-state index contributed by atoms with van der Waals surface area (Å²) >= 11 is 0. The summed E-state index contributed by atoms with van der Waals surface area (Å²) in [6.45, 7) is 4.85. The van der Waals surface area contributed by atoms with E-state index in [9.17, 15) is 9.59 Å². The number of fused-ring (bicyclic) bond motifs is 1. The molecule has 0 spiro atoms. The minimum atomic E-state index is -0.371. The Morgan fingerprint density at radius 1 is 1.19 bits per heavy atom. The Morgan fingerprint density at radius 2 is 1.96 bits per heavy atom. The van der Waals surface area contributed by atoms with Crippen LogP contribution >= 0.6 is 0 Å². The van der Waals surface area contributed by atoms with Crippen LogP contribution in [0.15, 0.2) is 30.3 Å². The molecule has 0 unspecified atom stereocenters. The summed E-state index contributed by atoms with van der Waals surface area (Å²) in [6.07, 6.45) is 0. The fraction of sp³-hybridized carbons (Fsp3) is 0.333. The molecular weight excluding hydrogens is 332 g/mol. The highest BCUT2D eigenvalue weighted by atomic mass is 16.2. The van der Waals surface area contributed by atoms with Crippen molar-refractivity contribution in [3.63, 3.8) is 0 Å². The second-order valence-corrected chi connectivity index (χ2v) is 6.01. The summed E-state index contributed by atoms with van der Waals surface area (Å²) in [6, 6.07) is 9.53. The maximum Gasteiger partial charge on any atom is 0.272 e. The zero-order valence-corrected chi connectivity index (χ0v) is 15.1. The van der Waals surface area contributed by atoms with Crippen LogP contribution in [0.4, 0.5) is 0 Å². The maximum atomic E-state index is 12.1. The molecule has 2 aromatic heterocycles. The van der Waals surface area contributed by atoms with Crippen LogP contribution < -0.4 is 10.6 Å². The van der Waals surface area contributed by atoms with Crippen LogP contribution in [0.3, 0.4) is 0 Å². The molecule has 0 aliphatic rings. The first-order valence-corrected chi connectivity index (χ1v) is 8.49. The monoisotopic (exact) mass is 354 g/mol. The zero-order chi connectivity index (χ0) is 18.7. The molecule has 2 amide bonds. The molecule has 3 aromatic rings. The number of nitrogens with one attached hydrogen (secondary N) is 2. The van der Waals surface area contributed by atoms with E-state index in [1.165, 1.54) is 0 Å². The predicted octanol–water partition coefficient (Wildman–Crippen LogP) is 1.14. The van der Waals surface area contributed by atoms with Gasteiger partial charge in [0.25, 0.3) is 5.91 Å². The van der Waals surface area contributed by atoms with Crippen LogP contribution in [0.1, 0.15) is 28.9 Å². The molecule has 0 aliphatic carbocycles. The molecule has 0 saturated heterocycles. The standard InChI is InChI=1S/C18H22N6O2/c1-4-24-15-8-6-5-7-13(15)21-16(24)10-19-17(25)11-20-18(26)14-9-12(2)23(3)22-14/h5-9H,4,10-11H2,1-3H3,(H,19,25)(H,20,26). The van der Waals surface area contributed by atoms with Gasteiger partial charge < -0.3 is 15.2 Å². The van der Waals surface area contributed by atoms with Crippen molar-refractivity contribution in [3.05, 3.63) is 47.5 Å². The first kappa shape index (κ1) is 17.7. The van der Waals surface area contributed by atoms with Crippen molar-refractivity contribution in [2.24, 2.45) is 7.05 Å². The summed E-state index contributed by atoms with van der Waals surface area (Å²) in [5.41, 5.74) is 3.11. The molecule has 0 saturated carbocycles. The van der Waals surface area contributed by atoms with Gasteiger partial charge in [0.1, 0.15) is 11.5 Å². The highest BCUT2D eigenvalue weighted by Crippen LogP contribution is 2.15. The molecule has 136 valence electrons. The minimum absolute atomic E-state index is 0.110. The molecule has 0 atom stereocenters. The van der Waals surface area contributed by atoms with Crippen LogP contribution in [-0.2, 0) is 24.9 Å². The van der Waals surface area contributed by atoms with Gasteiger partial charge in [-0.15, -0.1) is 0 Å². The topological polar surface area (TPSA) is 93.8 Å². The van der Waals surface area contributed by atoms with Gasteiger partial charge in [-0.05, 0) is 32.0 Å². The molecule has 3 rings (SSSR count). The maximum absolute atomic E-state index is 12.1. The van der Waals surface area contributed by atoms with Crippen molar-refractivity contribution < 1.29 is 9.59 Å². The van der Waals surface area contributed by atoms with Crippen LogP contribution in [0.5, 0.6) is 0 Å². The molecule has 0 aliphatic heterocycles. The summed E-state index contributed by atoms with van der Waals surface area (Å²) in [5, 5.41) is 9.46. The molecule has 26 heavy (non-hydrogen) atoms. The van der Waals surface area contributed by atoms with Crippen molar-refractivity contribution in [1.29, 1.82) is 0 Å². The fourth-order valence-electron chi connectivity index (χ4n) is 2.78. The number of aryl methyl sites for hydroxylation is 3. The first-order valence-electron chi connectivity index (χ1n) is 8.49. The van der Waals surface area contributed by atoms with Crippen LogP contribution in [0, 0.1) is 6.92 Å². The Kier molecular flexibility index (Phi) is 5.01. The smallest absolute Gasteiger partial charge is 0.272 e. The van der Waals surface area contributed by atoms with Gasteiger partial charge in [0.2, 0.25) is 5.91 Å². The largest absolute Gasteiger partial charge is 0.347 e. The van der Waals surface area contributed by atoms with Crippen molar-refractivity contribution in [2.45, 2.75) is 26.9 Å². The quantitative estimate of drug-likeness (QED) is 0.694. The van der Waals surface area contributed by atoms with Crippen LogP contribution in [0.25, 0.3) is 11.0 Å². The molecule has 2 N–H and O–H groups in total. The number of benzene rings is 1. The van der Waals surface area contributed by atoms with Crippen molar-refractivity contribution in [2.75, 3.05) is 6.54 Å². The van der Waals surface area contributed by atoms with E-state index in [-0.39, 0.29) is 18.4 Å². The molecular formula is C18H22N6O2. The lowest BCUT2D eigenvalue weighted by Crippen LogP contribution is -2.37. The number of rotatable bonds is 6. The van der Waals surface area contributed by atoms with Crippen molar-refractivity contribution in [3.8, 4) is 0 Å². The van der Waals surface area contributed by atoms with Gasteiger partial charge in [-0.1, -0.05) is 12.1 Å². The Labute approximate surface area is 151 Å². The minimum Gasteiger partial charge on any atom is -0.347 e. The highest BCUT2D eigenvalue weighted by Gasteiger charge is 2.13. The third-order valence-electron chi connectivity index (χ3n) is 4.25. The van der Waals surface area contributed by atoms with Crippen molar-refractivity contribution >= 4 is 22.8 Å². The number of hydrogen-bond acceptors (Lipinski definition) is 4. The Balaban J connectivity index is 1.57. The number of carbonyl (C=O) groups is 2. The van der Waals surface area contributed by atoms with E-state index in [0.29, 0.717) is 12.2 Å². The van der Waals surface area contributed by atoms with Crippen LogP contribution in [-0.4, -0.2) is 37.7 Å². The lowest BCUT2D eigenvalue weighted by atomic mass is 10.3. The summed E-state index contributed by atoms with van der Waals surface area (Å²) in [4.78, 5) is 28.6. The zero-order valence-electron chi connectivity index (χ0n) is 15.1. The average molecular weight is 354 g/mol. The van der Waals surface area contributed by atoms with Gasteiger partial charge in [0.15, 0.2) is 0 Å². The van der Waals surface area contributed by atoms with E-state index in [2.05, 4.69) is 25.3 Å². The van der Waals surface area contributed by atoms with Gasteiger partial charge in [-0.25, -0.2) is 4.98 Å². The molecule has 0 fully saturated rings. The van der Waals surface area contributed by atoms with E-state index in [0.717, 1.165) is 29.1 Å².